The minimum absolute atomic E-state index is 0.0663. The van der Waals surface area contributed by atoms with Gasteiger partial charge in [-0.2, -0.15) is 0 Å². The zero-order chi connectivity index (χ0) is 21.9. The maximum atomic E-state index is 13.0. The number of ether oxygens (including phenoxy) is 3. The van der Waals surface area contributed by atoms with E-state index in [1.807, 2.05) is 6.92 Å². The number of rotatable bonds is 4. The first-order valence-electron chi connectivity index (χ1n) is 9.99. The van der Waals surface area contributed by atoms with Crippen LogP contribution in [0.2, 0.25) is 0 Å². The molecule has 0 saturated carbocycles. The van der Waals surface area contributed by atoms with Gasteiger partial charge in [0.15, 0.2) is 0 Å². The molecule has 9 nitrogen and oxygen atoms in total. The number of carbonyl (C=O) groups excluding carboxylic acids is 3. The van der Waals surface area contributed by atoms with Gasteiger partial charge >= 0.3 is 6.09 Å². The smallest absolute Gasteiger partial charge is 0.408 e. The van der Waals surface area contributed by atoms with Gasteiger partial charge in [-0.25, -0.2) is 4.79 Å². The van der Waals surface area contributed by atoms with Gasteiger partial charge < -0.3 is 29.7 Å². The molecule has 2 fully saturated rings. The SMILES string of the molecule is Cc1cc(NC(=O)C2(NC(=O)OC(C)(C)C)CCOC2)ccc1N1CCOCC1=O. The van der Waals surface area contributed by atoms with Crippen LogP contribution in [0.1, 0.15) is 32.8 Å². The Morgan fingerprint density at radius 3 is 2.57 bits per heavy atom. The highest BCUT2D eigenvalue weighted by Gasteiger charge is 2.44. The zero-order valence-electron chi connectivity index (χ0n) is 17.9. The Balaban J connectivity index is 1.72. The van der Waals surface area contributed by atoms with E-state index in [4.69, 9.17) is 14.2 Å². The Morgan fingerprint density at radius 2 is 1.97 bits per heavy atom. The largest absolute Gasteiger partial charge is 0.444 e. The van der Waals surface area contributed by atoms with Crippen molar-refractivity contribution >= 4 is 29.3 Å². The number of nitrogens with zero attached hydrogens (tertiary/aromatic N) is 1. The molecule has 1 atom stereocenters. The number of hydrogen-bond acceptors (Lipinski definition) is 6. The van der Waals surface area contributed by atoms with E-state index in [0.29, 0.717) is 31.9 Å². The van der Waals surface area contributed by atoms with Crippen LogP contribution in [-0.4, -0.2) is 62.0 Å². The van der Waals surface area contributed by atoms with Gasteiger partial charge in [0.05, 0.1) is 13.2 Å². The zero-order valence-corrected chi connectivity index (χ0v) is 17.9. The number of morpholine rings is 1. The molecule has 0 aliphatic carbocycles. The molecule has 2 heterocycles. The lowest BCUT2D eigenvalue weighted by Gasteiger charge is -2.30. The number of benzene rings is 1. The number of nitrogens with one attached hydrogen (secondary N) is 2. The predicted octanol–water partition coefficient (Wildman–Crippen LogP) is 1.98. The summed E-state index contributed by atoms with van der Waals surface area (Å²) < 4.78 is 15.9. The fraction of sp³-hybridized carbons (Fsp3) is 0.571. The molecule has 0 spiro atoms. The van der Waals surface area contributed by atoms with Crippen LogP contribution >= 0.6 is 0 Å². The quantitative estimate of drug-likeness (QED) is 0.773. The van der Waals surface area contributed by atoms with Crippen LogP contribution in [0, 0.1) is 6.92 Å². The van der Waals surface area contributed by atoms with Crippen LogP contribution in [0.15, 0.2) is 18.2 Å². The lowest BCUT2D eigenvalue weighted by atomic mass is 9.97. The summed E-state index contributed by atoms with van der Waals surface area (Å²) >= 11 is 0. The number of alkyl carbamates (subject to hydrolysis) is 1. The highest BCUT2D eigenvalue weighted by atomic mass is 16.6. The van der Waals surface area contributed by atoms with Gasteiger partial charge in [0, 0.05) is 30.9 Å². The third-order valence-corrected chi connectivity index (χ3v) is 4.93. The highest BCUT2D eigenvalue weighted by Crippen LogP contribution is 2.27. The second-order valence-electron chi connectivity index (χ2n) is 8.56. The molecule has 3 amide bonds. The average Bonchev–Trinajstić information content (AvgIpc) is 3.11. The summed E-state index contributed by atoms with van der Waals surface area (Å²) in [5, 5.41) is 5.55. The summed E-state index contributed by atoms with van der Waals surface area (Å²) in [6.07, 6.45) is -0.322. The van der Waals surface area contributed by atoms with Gasteiger partial charge in [-0.05, 0) is 51.5 Å². The molecular formula is C21H29N3O6. The van der Waals surface area contributed by atoms with E-state index in [2.05, 4.69) is 10.6 Å². The molecule has 3 rings (SSSR count). The van der Waals surface area contributed by atoms with Crippen LogP contribution in [0.4, 0.5) is 16.2 Å². The second kappa shape index (κ2) is 8.61. The Hall–Kier alpha value is -2.65. The number of anilines is 2. The summed E-state index contributed by atoms with van der Waals surface area (Å²) in [5.41, 5.74) is 0.325. The highest BCUT2D eigenvalue weighted by molar-refractivity contribution is 6.01. The summed E-state index contributed by atoms with van der Waals surface area (Å²) in [5.74, 6) is -0.467. The first-order chi connectivity index (χ1) is 14.1. The standard InChI is InChI=1S/C21H29N3O6/c1-14-11-15(5-6-16(14)24-8-10-28-12-17(24)25)22-18(26)21(7-9-29-13-21)23-19(27)30-20(2,3)4/h5-6,11H,7-10,12-13H2,1-4H3,(H,22,26)(H,23,27). The number of amides is 3. The minimum Gasteiger partial charge on any atom is -0.444 e. The summed E-state index contributed by atoms with van der Waals surface area (Å²) in [4.78, 5) is 39.1. The molecule has 0 bridgehead atoms. The summed E-state index contributed by atoms with van der Waals surface area (Å²) in [6.45, 7) is 8.62. The van der Waals surface area contributed by atoms with Crippen molar-refractivity contribution in [2.45, 2.75) is 45.3 Å². The van der Waals surface area contributed by atoms with Crippen LogP contribution in [0.5, 0.6) is 0 Å². The first kappa shape index (κ1) is 22.0. The van der Waals surface area contributed by atoms with Crippen LogP contribution < -0.4 is 15.5 Å². The van der Waals surface area contributed by atoms with Gasteiger partial charge in [0.1, 0.15) is 17.7 Å². The minimum atomic E-state index is -1.20. The Labute approximate surface area is 176 Å². The van der Waals surface area contributed by atoms with E-state index < -0.39 is 17.2 Å². The molecule has 1 unspecified atom stereocenters. The van der Waals surface area contributed by atoms with Crippen molar-refractivity contribution in [2.24, 2.45) is 0 Å². The molecule has 9 heteroatoms. The lowest BCUT2D eigenvalue weighted by Crippen LogP contribution is -2.58. The van der Waals surface area contributed by atoms with Crippen LogP contribution in [-0.2, 0) is 23.8 Å². The predicted molar refractivity (Wildman–Crippen MR) is 111 cm³/mol. The van der Waals surface area contributed by atoms with Crippen molar-refractivity contribution in [3.8, 4) is 0 Å². The van der Waals surface area contributed by atoms with Crippen LogP contribution in [0.25, 0.3) is 0 Å². The topological polar surface area (TPSA) is 106 Å². The second-order valence-corrected chi connectivity index (χ2v) is 8.56. The van der Waals surface area contributed by atoms with Crippen molar-refractivity contribution < 1.29 is 28.6 Å². The molecule has 2 aliphatic heterocycles. The Kier molecular flexibility index (Phi) is 6.33. The normalized spacial score (nSPS) is 22.0. The Bertz CT molecular complexity index is 827. The van der Waals surface area contributed by atoms with Crippen molar-refractivity contribution in [2.75, 3.05) is 43.2 Å². The first-order valence-corrected chi connectivity index (χ1v) is 9.99. The molecule has 0 aromatic heterocycles. The van der Waals surface area contributed by atoms with Crippen LogP contribution in [0.3, 0.4) is 0 Å². The Morgan fingerprint density at radius 1 is 1.20 bits per heavy atom. The van der Waals surface area contributed by atoms with Crippen molar-refractivity contribution in [3.05, 3.63) is 23.8 Å². The van der Waals surface area contributed by atoms with E-state index >= 15 is 0 Å². The van der Waals surface area contributed by atoms with Gasteiger partial charge in [0.25, 0.3) is 11.8 Å². The van der Waals surface area contributed by atoms with Gasteiger partial charge in [-0.1, -0.05) is 0 Å². The van der Waals surface area contributed by atoms with E-state index in [0.717, 1.165) is 11.3 Å². The van der Waals surface area contributed by atoms with Gasteiger partial charge in [-0.15, -0.1) is 0 Å². The monoisotopic (exact) mass is 419 g/mol. The molecule has 164 valence electrons. The van der Waals surface area contributed by atoms with Crippen molar-refractivity contribution in [3.63, 3.8) is 0 Å². The van der Waals surface area contributed by atoms with E-state index in [9.17, 15) is 14.4 Å². The fourth-order valence-electron chi connectivity index (χ4n) is 3.46. The van der Waals surface area contributed by atoms with E-state index in [1.165, 1.54) is 0 Å². The van der Waals surface area contributed by atoms with Gasteiger partial charge in [-0.3, -0.25) is 9.59 Å². The molecule has 2 N–H and O–H groups in total. The molecule has 30 heavy (non-hydrogen) atoms. The third kappa shape index (κ3) is 5.09. The van der Waals surface area contributed by atoms with Crippen molar-refractivity contribution in [1.29, 1.82) is 0 Å². The van der Waals surface area contributed by atoms with Crippen molar-refractivity contribution in [1.82, 2.24) is 5.32 Å². The summed E-state index contributed by atoms with van der Waals surface area (Å²) in [7, 11) is 0. The van der Waals surface area contributed by atoms with Gasteiger partial charge in [0.2, 0.25) is 0 Å². The maximum Gasteiger partial charge on any atom is 0.408 e. The molecule has 0 radical (unpaired) electrons. The molecular weight excluding hydrogens is 390 g/mol. The molecule has 2 aliphatic rings. The number of hydrogen-bond donors (Lipinski definition) is 2. The fourth-order valence-corrected chi connectivity index (χ4v) is 3.46. The number of carbonyl (C=O) groups is 3. The molecule has 2 saturated heterocycles. The third-order valence-electron chi connectivity index (χ3n) is 4.93. The number of aryl methyl sites for hydroxylation is 1. The van der Waals surface area contributed by atoms with E-state index in [-0.39, 0.29) is 25.0 Å². The summed E-state index contributed by atoms with van der Waals surface area (Å²) in [6, 6.07) is 5.33. The maximum absolute atomic E-state index is 13.0. The average molecular weight is 419 g/mol. The lowest BCUT2D eigenvalue weighted by molar-refractivity contribution is -0.125. The van der Waals surface area contributed by atoms with E-state index in [1.54, 1.807) is 43.9 Å². The molecule has 1 aromatic carbocycles. The molecule has 1 aromatic rings.